The van der Waals surface area contributed by atoms with Gasteiger partial charge >= 0.3 is 0 Å². The van der Waals surface area contributed by atoms with E-state index in [1.54, 1.807) is 0 Å². The summed E-state index contributed by atoms with van der Waals surface area (Å²) in [5, 5.41) is 0. The highest BCUT2D eigenvalue weighted by molar-refractivity contribution is 5.05. The molecule has 11 heavy (non-hydrogen) atoms. The Labute approximate surface area is 67.3 Å². The lowest BCUT2D eigenvalue weighted by Gasteiger charge is -2.20. The zero-order chi connectivity index (χ0) is 7.84. The highest BCUT2D eigenvalue weighted by Crippen LogP contribution is 2.23. The Kier molecular flexibility index (Phi) is 1.48. The van der Waals surface area contributed by atoms with Gasteiger partial charge in [-0.1, -0.05) is 0 Å². The molecule has 0 bridgehead atoms. The fraction of sp³-hybridized carbons (Fsp3) is 0.667. The molecule has 1 atom stereocenters. The third kappa shape index (κ3) is 1.06. The number of aromatic nitrogens is 2. The molecule has 2 heterocycles. The lowest BCUT2D eigenvalue weighted by Crippen LogP contribution is -2.14. The average molecular weight is 150 g/mol. The Morgan fingerprint density at radius 1 is 1.64 bits per heavy atom. The van der Waals surface area contributed by atoms with Gasteiger partial charge in [0.25, 0.3) is 0 Å². The second-order valence-electron chi connectivity index (χ2n) is 3.45. The lowest BCUT2D eigenvalue weighted by atomic mass is 10.1. The van der Waals surface area contributed by atoms with Crippen LogP contribution in [0.3, 0.4) is 0 Å². The van der Waals surface area contributed by atoms with E-state index in [1.165, 1.54) is 18.7 Å². The molecule has 2 heteroatoms. The van der Waals surface area contributed by atoms with E-state index in [9.17, 15) is 0 Å². The summed E-state index contributed by atoms with van der Waals surface area (Å²) in [6.07, 6.45) is 5.94. The zero-order valence-electron chi connectivity index (χ0n) is 7.17. The Balaban J connectivity index is 2.43. The van der Waals surface area contributed by atoms with E-state index in [4.69, 9.17) is 0 Å². The molecule has 0 amide bonds. The second kappa shape index (κ2) is 2.36. The highest BCUT2D eigenvalue weighted by atomic mass is 15.1. The van der Waals surface area contributed by atoms with Gasteiger partial charge in [-0.05, 0) is 26.7 Å². The summed E-state index contributed by atoms with van der Waals surface area (Å²) < 4.78 is 2.32. The SMILES string of the molecule is Cc1cn2c(n1)CCCC2C. The first kappa shape index (κ1) is 6.89. The van der Waals surface area contributed by atoms with Crippen LogP contribution >= 0.6 is 0 Å². The summed E-state index contributed by atoms with van der Waals surface area (Å²) in [6.45, 7) is 4.34. The molecule has 0 radical (unpaired) electrons. The molecule has 1 unspecified atom stereocenters. The molecule has 0 N–H and O–H groups in total. The van der Waals surface area contributed by atoms with Gasteiger partial charge in [-0.2, -0.15) is 0 Å². The standard InChI is InChI=1S/C9H14N2/c1-7-6-11-8(2)4-3-5-9(11)10-7/h6,8H,3-5H2,1-2H3. The maximum Gasteiger partial charge on any atom is 0.109 e. The number of nitrogens with zero attached hydrogens (tertiary/aromatic N) is 2. The molecular weight excluding hydrogens is 136 g/mol. The van der Waals surface area contributed by atoms with Crippen molar-refractivity contribution in [2.24, 2.45) is 0 Å². The molecule has 0 saturated carbocycles. The minimum Gasteiger partial charge on any atom is -0.332 e. The molecule has 0 aliphatic carbocycles. The monoisotopic (exact) mass is 150 g/mol. The van der Waals surface area contributed by atoms with Gasteiger partial charge in [0.05, 0.1) is 5.69 Å². The van der Waals surface area contributed by atoms with Gasteiger partial charge in [0.2, 0.25) is 0 Å². The van der Waals surface area contributed by atoms with E-state index in [1.807, 2.05) is 0 Å². The third-order valence-corrected chi connectivity index (χ3v) is 2.43. The molecule has 2 rings (SSSR count). The number of aryl methyl sites for hydroxylation is 2. The number of imidazole rings is 1. The number of rotatable bonds is 0. The number of fused-ring (bicyclic) bond motifs is 1. The summed E-state index contributed by atoms with van der Waals surface area (Å²) in [5.74, 6) is 1.28. The Hall–Kier alpha value is -0.790. The Bertz CT molecular complexity index is 263. The van der Waals surface area contributed by atoms with E-state index in [-0.39, 0.29) is 0 Å². The van der Waals surface area contributed by atoms with Crippen LogP contribution in [-0.4, -0.2) is 9.55 Å². The van der Waals surface area contributed by atoms with Crippen LogP contribution in [0.5, 0.6) is 0 Å². The molecule has 60 valence electrons. The smallest absolute Gasteiger partial charge is 0.109 e. The number of hydrogen-bond donors (Lipinski definition) is 0. The van der Waals surface area contributed by atoms with Crippen LogP contribution < -0.4 is 0 Å². The normalized spacial score (nSPS) is 23.3. The highest BCUT2D eigenvalue weighted by Gasteiger charge is 2.16. The van der Waals surface area contributed by atoms with Gasteiger partial charge in [0.1, 0.15) is 5.82 Å². The molecule has 2 nitrogen and oxygen atoms in total. The fourth-order valence-electron chi connectivity index (χ4n) is 1.83. The largest absolute Gasteiger partial charge is 0.332 e. The Morgan fingerprint density at radius 3 is 3.18 bits per heavy atom. The summed E-state index contributed by atoms with van der Waals surface area (Å²) >= 11 is 0. The van der Waals surface area contributed by atoms with Gasteiger partial charge in [-0.15, -0.1) is 0 Å². The summed E-state index contributed by atoms with van der Waals surface area (Å²) in [4.78, 5) is 4.46. The number of hydrogen-bond acceptors (Lipinski definition) is 1. The van der Waals surface area contributed by atoms with Crippen LogP contribution in [0.4, 0.5) is 0 Å². The molecule has 1 aliphatic heterocycles. The molecule has 0 fully saturated rings. The van der Waals surface area contributed by atoms with Crippen molar-refractivity contribution in [3.05, 3.63) is 17.7 Å². The first-order chi connectivity index (χ1) is 5.27. The van der Waals surface area contributed by atoms with E-state index in [0.29, 0.717) is 6.04 Å². The first-order valence-electron chi connectivity index (χ1n) is 4.32. The van der Waals surface area contributed by atoms with Crippen molar-refractivity contribution in [1.29, 1.82) is 0 Å². The van der Waals surface area contributed by atoms with Crippen molar-refractivity contribution in [3.8, 4) is 0 Å². The van der Waals surface area contributed by atoms with Crippen molar-refractivity contribution in [2.75, 3.05) is 0 Å². The predicted octanol–water partition coefficient (Wildman–Crippen LogP) is 2.09. The van der Waals surface area contributed by atoms with Crippen LogP contribution in [0.2, 0.25) is 0 Å². The third-order valence-electron chi connectivity index (χ3n) is 2.43. The molecule has 1 aliphatic rings. The molecule has 1 aromatic heterocycles. The van der Waals surface area contributed by atoms with Crippen molar-refractivity contribution >= 4 is 0 Å². The van der Waals surface area contributed by atoms with Crippen molar-refractivity contribution in [1.82, 2.24) is 9.55 Å². The first-order valence-corrected chi connectivity index (χ1v) is 4.32. The van der Waals surface area contributed by atoms with E-state index in [2.05, 4.69) is 29.6 Å². The quantitative estimate of drug-likeness (QED) is 0.553. The van der Waals surface area contributed by atoms with Crippen molar-refractivity contribution < 1.29 is 0 Å². The van der Waals surface area contributed by atoms with E-state index >= 15 is 0 Å². The summed E-state index contributed by atoms with van der Waals surface area (Å²) in [7, 11) is 0. The topological polar surface area (TPSA) is 17.8 Å². The van der Waals surface area contributed by atoms with Gasteiger partial charge in [0.15, 0.2) is 0 Å². The summed E-state index contributed by atoms with van der Waals surface area (Å²) in [5.41, 5.74) is 1.16. The van der Waals surface area contributed by atoms with E-state index < -0.39 is 0 Å². The van der Waals surface area contributed by atoms with Crippen LogP contribution in [0.15, 0.2) is 6.20 Å². The van der Waals surface area contributed by atoms with Gasteiger partial charge in [-0.3, -0.25) is 0 Å². The van der Waals surface area contributed by atoms with Crippen LogP contribution in [0, 0.1) is 6.92 Å². The molecule has 0 spiro atoms. The maximum atomic E-state index is 4.46. The van der Waals surface area contributed by atoms with Gasteiger partial charge < -0.3 is 4.57 Å². The molecular formula is C9H14N2. The van der Waals surface area contributed by atoms with Gasteiger partial charge in [0, 0.05) is 18.7 Å². The predicted molar refractivity (Wildman–Crippen MR) is 44.6 cm³/mol. The van der Waals surface area contributed by atoms with Crippen molar-refractivity contribution in [2.45, 2.75) is 39.2 Å². The lowest BCUT2D eigenvalue weighted by molar-refractivity contribution is 0.425. The van der Waals surface area contributed by atoms with E-state index in [0.717, 1.165) is 12.1 Å². The summed E-state index contributed by atoms with van der Waals surface area (Å²) in [6, 6.07) is 0.667. The molecule has 0 aromatic carbocycles. The molecule has 1 aromatic rings. The minimum absolute atomic E-state index is 0.667. The maximum absolute atomic E-state index is 4.46. The van der Waals surface area contributed by atoms with Crippen LogP contribution in [0.25, 0.3) is 0 Å². The second-order valence-corrected chi connectivity index (χ2v) is 3.45. The van der Waals surface area contributed by atoms with Crippen LogP contribution in [0.1, 0.15) is 37.3 Å². The van der Waals surface area contributed by atoms with Crippen molar-refractivity contribution in [3.63, 3.8) is 0 Å². The average Bonchev–Trinajstić information content (AvgIpc) is 2.31. The zero-order valence-corrected chi connectivity index (χ0v) is 7.17. The van der Waals surface area contributed by atoms with Gasteiger partial charge in [-0.25, -0.2) is 4.98 Å². The van der Waals surface area contributed by atoms with Crippen LogP contribution in [-0.2, 0) is 6.42 Å². The molecule has 0 saturated heterocycles. The Morgan fingerprint density at radius 2 is 2.45 bits per heavy atom. The fourth-order valence-corrected chi connectivity index (χ4v) is 1.83. The minimum atomic E-state index is 0.667.